The van der Waals surface area contributed by atoms with E-state index >= 15 is 0 Å². The normalized spacial score (nSPS) is 10.9. The van der Waals surface area contributed by atoms with Gasteiger partial charge in [0, 0.05) is 26.9 Å². The molecule has 0 radical (unpaired) electrons. The molecule has 2 N–H and O–H groups in total. The number of rotatable bonds is 6. The van der Waals surface area contributed by atoms with Crippen molar-refractivity contribution in [1.29, 1.82) is 0 Å². The second kappa shape index (κ2) is 9.40. The van der Waals surface area contributed by atoms with Gasteiger partial charge in [0.2, 0.25) is 0 Å². The number of fused-ring (bicyclic) bond motifs is 1. The minimum atomic E-state index is -0.278. The number of nitrogens with zero attached hydrogens (tertiary/aromatic N) is 4. The lowest BCUT2D eigenvalue weighted by molar-refractivity contribution is 0.262. The summed E-state index contributed by atoms with van der Waals surface area (Å²) in [7, 11) is 0. The standard InChI is InChI=1S/C22H22N6OS2/c1-4-15-13-20(28-21(24-15)23-14(2)27-28)31-18-10-8-16(9-11-18)25-22(29)26-17-6-5-7-19(12-17)30-3/h5-13H,4H2,1-3H3,(H2,25,26,29). The smallest absolute Gasteiger partial charge is 0.308 e. The SMILES string of the molecule is CCc1cc(Sc2ccc(NC(=O)Nc3cccc(SC)c3)cc2)n2nc(C)nc2n1. The molecule has 4 rings (SSSR count). The lowest BCUT2D eigenvalue weighted by Gasteiger charge is -2.10. The number of benzene rings is 2. The average molecular weight is 451 g/mol. The van der Waals surface area contributed by atoms with Gasteiger partial charge in [0.1, 0.15) is 10.9 Å². The number of nitrogens with one attached hydrogen (secondary N) is 2. The molecular formula is C22H22N6OS2. The molecule has 0 aliphatic carbocycles. The molecular weight excluding hydrogens is 428 g/mol. The largest absolute Gasteiger partial charge is 0.323 e. The van der Waals surface area contributed by atoms with Crippen LogP contribution in [0.15, 0.2) is 69.4 Å². The fourth-order valence-corrected chi connectivity index (χ4v) is 4.34. The molecule has 2 heterocycles. The molecule has 0 bridgehead atoms. The van der Waals surface area contributed by atoms with Gasteiger partial charge >= 0.3 is 6.03 Å². The van der Waals surface area contributed by atoms with Crippen LogP contribution in [0.2, 0.25) is 0 Å². The summed E-state index contributed by atoms with van der Waals surface area (Å²) < 4.78 is 1.77. The van der Waals surface area contributed by atoms with Crippen molar-refractivity contribution in [2.75, 3.05) is 16.9 Å². The molecule has 2 aromatic heterocycles. The number of urea groups is 1. The molecule has 0 saturated heterocycles. The Hall–Kier alpha value is -3.04. The minimum absolute atomic E-state index is 0.278. The highest BCUT2D eigenvalue weighted by Crippen LogP contribution is 2.29. The summed E-state index contributed by atoms with van der Waals surface area (Å²) >= 11 is 3.22. The second-order valence-electron chi connectivity index (χ2n) is 6.75. The molecule has 0 aliphatic heterocycles. The van der Waals surface area contributed by atoms with Gasteiger partial charge in [0.25, 0.3) is 5.78 Å². The maximum atomic E-state index is 12.3. The zero-order valence-corrected chi connectivity index (χ0v) is 19.0. The van der Waals surface area contributed by atoms with Crippen molar-refractivity contribution < 1.29 is 4.79 Å². The van der Waals surface area contributed by atoms with E-state index in [-0.39, 0.29) is 6.03 Å². The van der Waals surface area contributed by atoms with E-state index in [1.807, 2.05) is 67.8 Å². The Balaban J connectivity index is 1.45. The average Bonchev–Trinajstić information content (AvgIpc) is 3.15. The Morgan fingerprint density at radius 1 is 1.00 bits per heavy atom. The van der Waals surface area contributed by atoms with Crippen molar-refractivity contribution in [2.24, 2.45) is 0 Å². The van der Waals surface area contributed by atoms with Crippen LogP contribution in [0.1, 0.15) is 18.4 Å². The molecule has 7 nitrogen and oxygen atoms in total. The van der Waals surface area contributed by atoms with Gasteiger partial charge in [-0.2, -0.15) is 9.50 Å². The van der Waals surface area contributed by atoms with Gasteiger partial charge in [-0.15, -0.1) is 16.9 Å². The molecule has 2 aromatic carbocycles. The molecule has 9 heteroatoms. The minimum Gasteiger partial charge on any atom is -0.308 e. The summed E-state index contributed by atoms with van der Waals surface area (Å²) in [6, 6.07) is 17.2. The van der Waals surface area contributed by atoms with Crippen LogP contribution in [-0.2, 0) is 6.42 Å². The first-order valence-corrected chi connectivity index (χ1v) is 11.8. The zero-order chi connectivity index (χ0) is 21.8. The van der Waals surface area contributed by atoms with Crippen molar-refractivity contribution in [3.8, 4) is 0 Å². The van der Waals surface area contributed by atoms with E-state index < -0.39 is 0 Å². The number of thioether (sulfide) groups is 1. The monoisotopic (exact) mass is 450 g/mol. The number of carbonyl (C=O) groups excluding carboxylic acids is 1. The summed E-state index contributed by atoms with van der Waals surface area (Å²) in [5, 5.41) is 11.1. The summed E-state index contributed by atoms with van der Waals surface area (Å²) in [6.45, 7) is 3.93. The fourth-order valence-electron chi connectivity index (χ4n) is 2.96. The molecule has 0 fully saturated rings. The van der Waals surface area contributed by atoms with Gasteiger partial charge in [-0.1, -0.05) is 24.8 Å². The Morgan fingerprint density at radius 3 is 2.52 bits per heavy atom. The molecule has 4 aromatic rings. The molecule has 0 atom stereocenters. The molecule has 31 heavy (non-hydrogen) atoms. The second-order valence-corrected chi connectivity index (χ2v) is 8.72. The van der Waals surface area contributed by atoms with Gasteiger partial charge in [0.15, 0.2) is 0 Å². The summed E-state index contributed by atoms with van der Waals surface area (Å²) in [5.41, 5.74) is 2.45. The van der Waals surface area contributed by atoms with E-state index in [0.717, 1.165) is 32.6 Å². The van der Waals surface area contributed by atoms with Crippen LogP contribution >= 0.6 is 23.5 Å². The summed E-state index contributed by atoms with van der Waals surface area (Å²) in [5.74, 6) is 1.30. The fraction of sp³-hybridized carbons (Fsp3) is 0.182. The third-order valence-corrected chi connectivity index (χ3v) is 6.20. The first kappa shape index (κ1) is 21.2. The maximum absolute atomic E-state index is 12.3. The van der Waals surface area contributed by atoms with Crippen molar-refractivity contribution in [3.63, 3.8) is 0 Å². The predicted octanol–water partition coefficient (Wildman–Crippen LogP) is 5.51. The highest BCUT2D eigenvalue weighted by atomic mass is 32.2. The number of hydrogen-bond donors (Lipinski definition) is 2. The Kier molecular flexibility index (Phi) is 6.43. The van der Waals surface area contributed by atoms with Crippen molar-refractivity contribution in [2.45, 2.75) is 35.1 Å². The van der Waals surface area contributed by atoms with E-state index in [9.17, 15) is 4.79 Å². The zero-order valence-electron chi connectivity index (χ0n) is 17.4. The van der Waals surface area contributed by atoms with Crippen molar-refractivity contribution in [3.05, 3.63) is 66.1 Å². The summed E-state index contributed by atoms with van der Waals surface area (Å²) in [4.78, 5) is 23.4. The maximum Gasteiger partial charge on any atom is 0.323 e. The number of aromatic nitrogens is 4. The topological polar surface area (TPSA) is 84.2 Å². The Bertz CT molecular complexity index is 1220. The van der Waals surface area contributed by atoms with Crippen LogP contribution in [0.3, 0.4) is 0 Å². The van der Waals surface area contributed by atoms with E-state index in [4.69, 9.17) is 0 Å². The van der Waals surface area contributed by atoms with Gasteiger partial charge < -0.3 is 10.6 Å². The van der Waals surface area contributed by atoms with Gasteiger partial charge in [-0.25, -0.2) is 9.78 Å². The molecule has 2 amide bonds. The molecule has 0 unspecified atom stereocenters. The van der Waals surface area contributed by atoms with Crippen molar-refractivity contribution in [1.82, 2.24) is 19.6 Å². The van der Waals surface area contributed by atoms with Crippen LogP contribution in [0, 0.1) is 6.92 Å². The molecule has 0 spiro atoms. The molecule has 0 aliphatic rings. The quantitative estimate of drug-likeness (QED) is 0.298. The van der Waals surface area contributed by atoms with Gasteiger partial charge in [-0.3, -0.25) is 0 Å². The van der Waals surface area contributed by atoms with E-state index in [0.29, 0.717) is 17.3 Å². The highest BCUT2D eigenvalue weighted by molar-refractivity contribution is 7.99. The third-order valence-electron chi connectivity index (χ3n) is 4.46. The number of carbonyl (C=O) groups is 1. The lowest BCUT2D eigenvalue weighted by atomic mass is 10.3. The molecule has 158 valence electrons. The van der Waals surface area contributed by atoms with E-state index in [1.165, 1.54) is 0 Å². The van der Waals surface area contributed by atoms with Gasteiger partial charge in [0.05, 0.1) is 0 Å². The van der Waals surface area contributed by atoms with Crippen LogP contribution in [-0.4, -0.2) is 31.9 Å². The summed E-state index contributed by atoms with van der Waals surface area (Å²) in [6.07, 6.45) is 2.83. The first-order chi connectivity index (χ1) is 15.0. The molecule has 0 saturated carbocycles. The van der Waals surface area contributed by atoms with Gasteiger partial charge in [-0.05, 0) is 68.1 Å². The number of aryl methyl sites for hydroxylation is 2. The third kappa shape index (κ3) is 5.18. The number of hydrogen-bond acceptors (Lipinski definition) is 6. The number of amides is 2. The van der Waals surface area contributed by atoms with E-state index in [2.05, 4.69) is 32.6 Å². The first-order valence-electron chi connectivity index (χ1n) is 9.77. The van der Waals surface area contributed by atoms with Crippen LogP contribution in [0.4, 0.5) is 16.2 Å². The number of anilines is 2. The Labute approximate surface area is 189 Å². The van der Waals surface area contributed by atoms with Crippen LogP contribution in [0.5, 0.6) is 0 Å². The highest BCUT2D eigenvalue weighted by Gasteiger charge is 2.11. The lowest BCUT2D eigenvalue weighted by Crippen LogP contribution is -2.19. The van der Waals surface area contributed by atoms with Crippen molar-refractivity contribution >= 4 is 46.7 Å². The van der Waals surface area contributed by atoms with Crippen LogP contribution in [0.25, 0.3) is 5.78 Å². The van der Waals surface area contributed by atoms with Crippen LogP contribution < -0.4 is 10.6 Å². The Morgan fingerprint density at radius 2 is 1.77 bits per heavy atom. The predicted molar refractivity (Wildman–Crippen MR) is 126 cm³/mol. The van der Waals surface area contributed by atoms with E-state index in [1.54, 1.807) is 28.0 Å².